The zero-order chi connectivity index (χ0) is 17.6. The van der Waals surface area contributed by atoms with Gasteiger partial charge < -0.3 is 20.1 Å². The Morgan fingerprint density at radius 2 is 1.83 bits per heavy atom. The maximum Gasteiger partial charge on any atom is 0.224 e. The van der Waals surface area contributed by atoms with E-state index in [2.05, 4.69) is 25.8 Å². The van der Waals surface area contributed by atoms with Gasteiger partial charge in [-0.3, -0.25) is 9.79 Å². The Morgan fingerprint density at radius 3 is 2.46 bits per heavy atom. The second-order valence-electron chi connectivity index (χ2n) is 5.41. The molecule has 1 aromatic rings. The fourth-order valence-electron chi connectivity index (χ4n) is 2.30. The minimum atomic E-state index is 0.178. The molecule has 0 aliphatic rings. The van der Waals surface area contributed by atoms with Gasteiger partial charge in [0.1, 0.15) is 12.7 Å². The van der Waals surface area contributed by atoms with Crippen molar-refractivity contribution in [2.45, 2.75) is 46.6 Å². The molecule has 1 amide bonds. The first-order chi connectivity index (χ1) is 11.7. The smallest absolute Gasteiger partial charge is 0.224 e. The Labute approximate surface area is 144 Å². The van der Waals surface area contributed by atoms with Crippen molar-refractivity contribution < 1.29 is 4.79 Å². The number of amides is 1. The van der Waals surface area contributed by atoms with Crippen molar-refractivity contribution in [1.82, 2.24) is 30.3 Å². The molecular weight excluding hydrogens is 306 g/mol. The maximum atomic E-state index is 12.0. The van der Waals surface area contributed by atoms with E-state index in [0.717, 1.165) is 51.5 Å². The predicted molar refractivity (Wildman–Crippen MR) is 95.8 cm³/mol. The van der Waals surface area contributed by atoms with E-state index < -0.39 is 0 Å². The number of rotatable bonds is 11. The Bertz CT molecular complexity index is 469. The predicted octanol–water partition coefficient (Wildman–Crippen LogP) is 0.872. The van der Waals surface area contributed by atoms with Crippen LogP contribution in [-0.4, -0.2) is 64.3 Å². The van der Waals surface area contributed by atoms with Gasteiger partial charge in [0.15, 0.2) is 5.96 Å². The summed E-state index contributed by atoms with van der Waals surface area (Å²) in [6, 6.07) is 0. The number of guanidine groups is 1. The molecule has 2 N–H and O–H groups in total. The van der Waals surface area contributed by atoms with Crippen LogP contribution in [0, 0.1) is 0 Å². The lowest BCUT2D eigenvalue weighted by atomic mass is 10.3. The topological polar surface area (TPSA) is 87.4 Å². The van der Waals surface area contributed by atoms with Gasteiger partial charge >= 0.3 is 0 Å². The van der Waals surface area contributed by atoms with E-state index in [1.54, 1.807) is 12.7 Å². The van der Waals surface area contributed by atoms with Crippen LogP contribution in [-0.2, 0) is 11.3 Å². The third kappa shape index (κ3) is 7.94. The fraction of sp³-hybridized carbons (Fsp3) is 0.750. The third-order valence-corrected chi connectivity index (χ3v) is 3.65. The van der Waals surface area contributed by atoms with E-state index in [4.69, 9.17) is 0 Å². The van der Waals surface area contributed by atoms with Gasteiger partial charge in [0.05, 0.1) is 0 Å². The average Bonchev–Trinajstić information content (AvgIpc) is 3.09. The lowest BCUT2D eigenvalue weighted by Gasteiger charge is -2.19. The van der Waals surface area contributed by atoms with Crippen molar-refractivity contribution in [1.29, 1.82) is 0 Å². The molecule has 0 unspecified atom stereocenters. The van der Waals surface area contributed by atoms with Crippen LogP contribution < -0.4 is 10.6 Å². The summed E-state index contributed by atoms with van der Waals surface area (Å²) in [4.78, 5) is 18.4. The number of aryl methyl sites for hydroxylation is 1. The molecule has 0 aliphatic heterocycles. The van der Waals surface area contributed by atoms with Crippen LogP contribution in [0.3, 0.4) is 0 Å². The largest absolute Gasteiger partial charge is 0.357 e. The van der Waals surface area contributed by atoms with Crippen molar-refractivity contribution in [3.63, 3.8) is 0 Å². The van der Waals surface area contributed by atoms with Crippen LogP contribution in [0.15, 0.2) is 17.6 Å². The molecule has 0 bridgehead atoms. The molecular formula is C16H31N7O. The second-order valence-corrected chi connectivity index (χ2v) is 5.41. The highest BCUT2D eigenvalue weighted by molar-refractivity contribution is 5.81. The van der Waals surface area contributed by atoms with Crippen molar-refractivity contribution in [3.8, 4) is 0 Å². The van der Waals surface area contributed by atoms with Gasteiger partial charge in [-0.15, -0.1) is 10.2 Å². The highest BCUT2D eigenvalue weighted by Crippen LogP contribution is 1.95. The monoisotopic (exact) mass is 337 g/mol. The number of unbranched alkanes of at least 4 members (excludes halogenated alkanes) is 1. The van der Waals surface area contributed by atoms with Crippen LogP contribution in [0.5, 0.6) is 0 Å². The SMILES string of the molecule is CCNC(=NCCCCn1cnnc1)NCCC(=O)N(CC)CC. The van der Waals surface area contributed by atoms with Gasteiger partial charge in [-0.2, -0.15) is 0 Å². The first-order valence-corrected chi connectivity index (χ1v) is 8.83. The highest BCUT2D eigenvalue weighted by Gasteiger charge is 2.08. The van der Waals surface area contributed by atoms with Gasteiger partial charge in [0.2, 0.25) is 5.91 Å². The molecule has 0 spiro atoms. The Kier molecular flexibility index (Phi) is 10.2. The van der Waals surface area contributed by atoms with Gasteiger partial charge in [-0.25, -0.2) is 0 Å². The Hall–Kier alpha value is -2.12. The van der Waals surface area contributed by atoms with Gasteiger partial charge in [-0.1, -0.05) is 0 Å². The van der Waals surface area contributed by atoms with Crippen LogP contribution in [0.25, 0.3) is 0 Å². The molecule has 1 heterocycles. The summed E-state index contributed by atoms with van der Waals surface area (Å²) in [5.74, 6) is 0.950. The molecule has 0 atom stereocenters. The minimum Gasteiger partial charge on any atom is -0.357 e. The number of nitrogens with one attached hydrogen (secondary N) is 2. The van der Waals surface area contributed by atoms with E-state index in [9.17, 15) is 4.79 Å². The van der Waals surface area contributed by atoms with Crippen LogP contribution in [0.2, 0.25) is 0 Å². The molecule has 0 radical (unpaired) electrons. The molecule has 24 heavy (non-hydrogen) atoms. The van der Waals surface area contributed by atoms with Crippen molar-refractivity contribution >= 4 is 11.9 Å². The van der Waals surface area contributed by atoms with Crippen LogP contribution in [0.1, 0.15) is 40.0 Å². The molecule has 1 aromatic heterocycles. The van der Waals surface area contributed by atoms with Gasteiger partial charge in [0.25, 0.3) is 0 Å². The molecule has 1 rings (SSSR count). The third-order valence-electron chi connectivity index (χ3n) is 3.65. The maximum absolute atomic E-state index is 12.0. The molecule has 8 nitrogen and oxygen atoms in total. The lowest BCUT2D eigenvalue weighted by molar-refractivity contribution is -0.130. The number of nitrogens with zero attached hydrogens (tertiary/aromatic N) is 5. The van der Waals surface area contributed by atoms with Gasteiger partial charge in [-0.05, 0) is 33.6 Å². The van der Waals surface area contributed by atoms with E-state index >= 15 is 0 Å². The molecule has 0 aromatic carbocycles. The van der Waals surface area contributed by atoms with Crippen LogP contribution in [0.4, 0.5) is 0 Å². The van der Waals surface area contributed by atoms with E-state index in [0.29, 0.717) is 13.0 Å². The summed E-state index contributed by atoms with van der Waals surface area (Å²) in [7, 11) is 0. The number of aliphatic imine (C=N–C) groups is 1. The Balaban J connectivity index is 2.25. The first-order valence-electron chi connectivity index (χ1n) is 8.83. The summed E-state index contributed by atoms with van der Waals surface area (Å²) in [6.07, 6.45) is 5.96. The number of hydrogen-bond donors (Lipinski definition) is 2. The quantitative estimate of drug-likeness (QED) is 0.355. The van der Waals surface area contributed by atoms with Gasteiger partial charge in [0, 0.05) is 45.7 Å². The number of aromatic nitrogens is 3. The number of carbonyl (C=O) groups is 1. The van der Waals surface area contributed by atoms with Crippen molar-refractivity contribution in [3.05, 3.63) is 12.7 Å². The van der Waals surface area contributed by atoms with Crippen molar-refractivity contribution in [2.24, 2.45) is 4.99 Å². The normalized spacial score (nSPS) is 11.4. The summed E-state index contributed by atoms with van der Waals surface area (Å²) < 4.78 is 1.96. The number of carbonyl (C=O) groups excluding carboxylic acids is 1. The lowest BCUT2D eigenvalue weighted by Crippen LogP contribution is -2.40. The zero-order valence-electron chi connectivity index (χ0n) is 15.2. The molecule has 136 valence electrons. The standard InChI is InChI=1S/C16H31N7O/c1-4-17-16(19-11-9-15(24)23(5-2)6-3)18-10-7-8-12-22-13-20-21-14-22/h13-14H,4-12H2,1-3H3,(H2,17,18,19). The average molecular weight is 337 g/mol. The molecule has 0 saturated heterocycles. The van der Waals surface area contributed by atoms with E-state index in [1.165, 1.54) is 0 Å². The Morgan fingerprint density at radius 1 is 1.12 bits per heavy atom. The zero-order valence-corrected chi connectivity index (χ0v) is 15.2. The van der Waals surface area contributed by atoms with Crippen LogP contribution >= 0.6 is 0 Å². The summed E-state index contributed by atoms with van der Waals surface area (Å²) >= 11 is 0. The van der Waals surface area contributed by atoms with E-state index in [-0.39, 0.29) is 5.91 Å². The van der Waals surface area contributed by atoms with Crippen molar-refractivity contribution in [2.75, 3.05) is 32.7 Å². The summed E-state index contributed by atoms with van der Waals surface area (Å²) in [5.41, 5.74) is 0. The molecule has 0 fully saturated rings. The molecule has 0 aliphatic carbocycles. The van der Waals surface area contributed by atoms with E-state index in [1.807, 2.05) is 30.2 Å². The minimum absolute atomic E-state index is 0.178. The molecule has 0 saturated carbocycles. The molecule has 8 heteroatoms. The first kappa shape index (κ1) is 19.9. The second kappa shape index (κ2) is 12.3. The number of hydrogen-bond acceptors (Lipinski definition) is 4. The highest BCUT2D eigenvalue weighted by atomic mass is 16.2. The summed E-state index contributed by atoms with van der Waals surface area (Å²) in [5, 5.41) is 14.0. The summed E-state index contributed by atoms with van der Waals surface area (Å²) in [6.45, 7) is 10.6. The fourth-order valence-corrected chi connectivity index (χ4v) is 2.30.